The van der Waals surface area contributed by atoms with E-state index in [9.17, 15) is 13.6 Å². The Balaban J connectivity index is 1.58. The summed E-state index contributed by atoms with van der Waals surface area (Å²) >= 11 is 1.06. The third kappa shape index (κ3) is 4.45. The number of thioether (sulfide) groups is 1. The fourth-order valence-electron chi connectivity index (χ4n) is 2.07. The number of nitrogens with zero attached hydrogens (tertiary/aromatic N) is 2. The smallest absolute Gasteiger partial charge is 0.277 e. The number of ketones is 1. The molecular weight excluding hydrogens is 362 g/mol. The van der Waals surface area contributed by atoms with E-state index in [1.54, 1.807) is 19.1 Å². The number of halogens is 2. The van der Waals surface area contributed by atoms with Gasteiger partial charge in [0.05, 0.1) is 5.75 Å². The Morgan fingerprint density at radius 2 is 1.88 bits per heavy atom. The van der Waals surface area contributed by atoms with Crippen molar-refractivity contribution in [1.29, 1.82) is 0 Å². The number of para-hydroxylation sites is 1. The quantitative estimate of drug-likeness (QED) is 0.448. The van der Waals surface area contributed by atoms with E-state index in [1.165, 1.54) is 36.4 Å². The van der Waals surface area contributed by atoms with Gasteiger partial charge in [-0.05, 0) is 43.3 Å². The van der Waals surface area contributed by atoms with Crippen molar-refractivity contribution in [3.8, 4) is 5.75 Å². The van der Waals surface area contributed by atoms with Crippen molar-refractivity contribution >= 4 is 17.5 Å². The van der Waals surface area contributed by atoms with Gasteiger partial charge in [0.1, 0.15) is 5.82 Å². The second-order valence-corrected chi connectivity index (χ2v) is 6.24. The molecule has 0 aliphatic carbocycles. The molecule has 0 aliphatic rings. The number of rotatable bonds is 7. The number of aromatic nitrogens is 2. The first-order valence-corrected chi connectivity index (χ1v) is 8.67. The number of hydrogen-bond donors (Lipinski definition) is 0. The highest BCUT2D eigenvalue weighted by atomic mass is 32.2. The van der Waals surface area contributed by atoms with Gasteiger partial charge in [-0.1, -0.05) is 23.9 Å². The van der Waals surface area contributed by atoms with Gasteiger partial charge in [0, 0.05) is 5.56 Å². The van der Waals surface area contributed by atoms with E-state index >= 15 is 0 Å². The number of Topliss-reactive ketones (excluding diaryl/α,β-unsaturated/α-hetero) is 1. The summed E-state index contributed by atoms with van der Waals surface area (Å²) in [4.78, 5) is 12.0. The number of ether oxygens (including phenoxy) is 1. The Hall–Kier alpha value is -2.74. The van der Waals surface area contributed by atoms with Gasteiger partial charge in [0.25, 0.3) is 11.1 Å². The number of hydrogen-bond acceptors (Lipinski definition) is 6. The fraction of sp³-hybridized carbons (Fsp3) is 0.167. The van der Waals surface area contributed by atoms with Gasteiger partial charge in [0.15, 0.2) is 23.5 Å². The van der Waals surface area contributed by atoms with E-state index in [0.29, 0.717) is 5.56 Å². The van der Waals surface area contributed by atoms with E-state index in [4.69, 9.17) is 9.15 Å². The largest absolute Gasteiger partial charge is 0.478 e. The summed E-state index contributed by atoms with van der Waals surface area (Å²) in [6.07, 6.45) is -0.651. The highest BCUT2D eigenvalue weighted by molar-refractivity contribution is 7.99. The Morgan fingerprint density at radius 3 is 2.62 bits per heavy atom. The zero-order chi connectivity index (χ0) is 18.5. The molecule has 134 valence electrons. The van der Waals surface area contributed by atoms with E-state index in [-0.39, 0.29) is 28.4 Å². The second-order valence-electron chi connectivity index (χ2n) is 5.32. The van der Waals surface area contributed by atoms with Crippen LogP contribution in [0.5, 0.6) is 5.75 Å². The maximum atomic E-state index is 13.6. The average Bonchev–Trinajstić information content (AvgIpc) is 3.11. The van der Waals surface area contributed by atoms with Crippen LogP contribution in [-0.2, 0) is 0 Å². The summed E-state index contributed by atoms with van der Waals surface area (Å²) in [5.41, 5.74) is 0.398. The minimum atomic E-state index is -0.651. The van der Waals surface area contributed by atoms with Crippen molar-refractivity contribution in [2.24, 2.45) is 0 Å². The van der Waals surface area contributed by atoms with Crippen molar-refractivity contribution in [1.82, 2.24) is 10.2 Å². The topological polar surface area (TPSA) is 65.2 Å². The Bertz CT molecular complexity index is 899. The van der Waals surface area contributed by atoms with Crippen LogP contribution < -0.4 is 4.74 Å². The lowest BCUT2D eigenvalue weighted by Crippen LogP contribution is -2.04. The van der Waals surface area contributed by atoms with Gasteiger partial charge in [-0.25, -0.2) is 8.78 Å². The number of benzene rings is 2. The summed E-state index contributed by atoms with van der Waals surface area (Å²) in [6.45, 7) is 1.65. The lowest BCUT2D eigenvalue weighted by Gasteiger charge is -2.11. The molecule has 2 aromatic carbocycles. The monoisotopic (exact) mass is 376 g/mol. The van der Waals surface area contributed by atoms with E-state index in [1.807, 2.05) is 0 Å². The van der Waals surface area contributed by atoms with Crippen LogP contribution in [0.15, 0.2) is 58.2 Å². The van der Waals surface area contributed by atoms with Crippen LogP contribution in [0.25, 0.3) is 0 Å². The average molecular weight is 376 g/mol. The molecule has 3 rings (SSSR count). The standard InChI is InChI=1S/C18H14F2N2O3S/c1-11(24-16-5-3-2-4-14(16)20)17-21-22-18(25-17)26-10-15(23)12-6-8-13(19)9-7-12/h2-9,11H,10H2,1H3/t11-/m0/s1. The molecule has 0 unspecified atom stereocenters. The van der Waals surface area contributed by atoms with Gasteiger partial charge < -0.3 is 9.15 Å². The van der Waals surface area contributed by atoms with Crippen molar-refractivity contribution in [3.05, 3.63) is 71.6 Å². The van der Waals surface area contributed by atoms with Crippen LogP contribution in [-0.4, -0.2) is 21.7 Å². The molecule has 5 nitrogen and oxygen atoms in total. The van der Waals surface area contributed by atoms with Crippen LogP contribution in [0.4, 0.5) is 8.78 Å². The van der Waals surface area contributed by atoms with Gasteiger partial charge in [-0.2, -0.15) is 0 Å². The molecule has 1 atom stereocenters. The first-order valence-electron chi connectivity index (χ1n) is 7.69. The number of carbonyl (C=O) groups excluding carboxylic acids is 1. The van der Waals surface area contributed by atoms with Gasteiger partial charge >= 0.3 is 0 Å². The molecule has 0 aliphatic heterocycles. The minimum Gasteiger partial charge on any atom is -0.478 e. The molecule has 0 amide bonds. The van der Waals surface area contributed by atoms with Crippen LogP contribution in [0.2, 0.25) is 0 Å². The molecule has 0 bridgehead atoms. The van der Waals surface area contributed by atoms with Crippen molar-refractivity contribution in [2.45, 2.75) is 18.3 Å². The Labute approximate surface area is 152 Å². The van der Waals surface area contributed by atoms with Gasteiger partial charge in [0.2, 0.25) is 0 Å². The van der Waals surface area contributed by atoms with Crippen molar-refractivity contribution in [3.63, 3.8) is 0 Å². The maximum absolute atomic E-state index is 13.6. The van der Waals surface area contributed by atoms with Gasteiger partial charge in [-0.3, -0.25) is 4.79 Å². The van der Waals surface area contributed by atoms with Crippen LogP contribution in [0.1, 0.15) is 29.3 Å². The summed E-state index contributed by atoms with van der Waals surface area (Å²) in [5.74, 6) is -0.761. The third-order valence-electron chi connectivity index (χ3n) is 3.40. The van der Waals surface area contributed by atoms with Crippen LogP contribution in [0.3, 0.4) is 0 Å². The molecule has 3 aromatic rings. The third-order valence-corrected chi connectivity index (χ3v) is 4.22. The first kappa shape index (κ1) is 18.1. The molecule has 8 heteroatoms. The molecule has 0 radical (unpaired) electrons. The lowest BCUT2D eigenvalue weighted by atomic mass is 10.1. The number of carbonyl (C=O) groups is 1. The fourth-order valence-corrected chi connectivity index (χ4v) is 2.73. The van der Waals surface area contributed by atoms with Gasteiger partial charge in [-0.15, -0.1) is 10.2 Å². The summed E-state index contributed by atoms with van der Waals surface area (Å²) < 4.78 is 37.4. The molecule has 0 N–H and O–H groups in total. The highest BCUT2D eigenvalue weighted by Gasteiger charge is 2.18. The molecule has 0 fully saturated rings. The molecule has 0 saturated carbocycles. The normalized spacial score (nSPS) is 12.0. The highest BCUT2D eigenvalue weighted by Crippen LogP contribution is 2.25. The summed E-state index contributed by atoms with van der Waals surface area (Å²) in [5, 5.41) is 7.89. The first-order chi connectivity index (χ1) is 12.5. The Morgan fingerprint density at radius 1 is 1.15 bits per heavy atom. The zero-order valence-corrected chi connectivity index (χ0v) is 14.5. The molecule has 0 spiro atoms. The van der Waals surface area contributed by atoms with E-state index < -0.39 is 17.7 Å². The van der Waals surface area contributed by atoms with E-state index in [0.717, 1.165) is 11.8 Å². The van der Waals surface area contributed by atoms with Crippen molar-refractivity contribution in [2.75, 3.05) is 5.75 Å². The minimum absolute atomic E-state index is 0.0653. The molecule has 1 heterocycles. The summed E-state index contributed by atoms with van der Waals surface area (Å²) in [6, 6.07) is 11.3. The predicted octanol–water partition coefficient (Wildman–Crippen LogP) is 4.46. The van der Waals surface area contributed by atoms with Crippen molar-refractivity contribution < 1.29 is 22.7 Å². The maximum Gasteiger partial charge on any atom is 0.277 e. The predicted molar refractivity (Wildman–Crippen MR) is 91.2 cm³/mol. The Kier molecular flexibility index (Phi) is 5.62. The van der Waals surface area contributed by atoms with E-state index in [2.05, 4.69) is 10.2 Å². The molecule has 1 aromatic heterocycles. The molecule has 26 heavy (non-hydrogen) atoms. The van der Waals surface area contributed by atoms with Crippen LogP contribution in [0, 0.1) is 11.6 Å². The zero-order valence-electron chi connectivity index (χ0n) is 13.7. The second kappa shape index (κ2) is 8.09. The molecule has 0 saturated heterocycles. The summed E-state index contributed by atoms with van der Waals surface area (Å²) in [7, 11) is 0. The SMILES string of the molecule is C[C@H](Oc1ccccc1F)c1nnc(SCC(=O)c2ccc(F)cc2)o1. The lowest BCUT2D eigenvalue weighted by molar-refractivity contribution is 0.102. The van der Waals surface area contributed by atoms with Crippen LogP contribution >= 0.6 is 11.8 Å². The molecular formula is C18H14F2N2O3S.